The Hall–Kier alpha value is -1.83. The smallest absolute Gasteiger partial charge is 0.160 e. The molecule has 5 aromatic heterocycles. The van der Waals surface area contributed by atoms with Crippen molar-refractivity contribution in [1.82, 2.24) is 0 Å². The third kappa shape index (κ3) is 15.2. The van der Waals surface area contributed by atoms with Gasteiger partial charge in [0.25, 0.3) is 0 Å². The van der Waals surface area contributed by atoms with Crippen LogP contribution in [0.2, 0.25) is 0 Å². The zero-order valence-electron chi connectivity index (χ0n) is 38.2. The van der Waals surface area contributed by atoms with Crippen molar-refractivity contribution in [3.8, 4) is 39.0 Å². The van der Waals surface area contributed by atoms with Crippen molar-refractivity contribution < 1.29 is 4.79 Å². The van der Waals surface area contributed by atoms with E-state index in [4.69, 9.17) is 0 Å². The van der Waals surface area contributed by atoms with E-state index in [1.165, 1.54) is 211 Å². The van der Waals surface area contributed by atoms with Gasteiger partial charge in [0, 0.05) is 39.0 Å². The highest BCUT2D eigenvalue weighted by Gasteiger charge is 2.22. The molecule has 0 fully saturated rings. The maximum atomic E-state index is 12.1. The largest absolute Gasteiger partial charge is 0.297 e. The molecule has 5 aromatic rings. The number of aldehydes is 1. The van der Waals surface area contributed by atoms with E-state index >= 15 is 0 Å². The Morgan fingerprint density at radius 1 is 0.450 bits per heavy atom. The second-order valence-corrected chi connectivity index (χ2v) is 22.8. The summed E-state index contributed by atoms with van der Waals surface area (Å²) in [5.41, 5.74) is 6.02. The molecule has 0 aromatic carbocycles. The zero-order chi connectivity index (χ0) is 42.4. The monoisotopic (exact) mass is 902 g/mol. The van der Waals surface area contributed by atoms with Gasteiger partial charge in [0.1, 0.15) is 0 Å². The van der Waals surface area contributed by atoms with Gasteiger partial charge in [0.05, 0.1) is 4.88 Å². The first-order valence-electron chi connectivity index (χ1n) is 24.5. The molecule has 0 radical (unpaired) electrons. The highest BCUT2D eigenvalue weighted by atomic mass is 32.1. The first-order chi connectivity index (χ1) is 29.5. The van der Waals surface area contributed by atoms with Gasteiger partial charge in [-0.3, -0.25) is 4.79 Å². The maximum Gasteiger partial charge on any atom is 0.160 e. The molecule has 0 saturated carbocycles. The van der Waals surface area contributed by atoms with Gasteiger partial charge < -0.3 is 0 Å². The first kappa shape index (κ1) is 49.2. The number of carbonyl (C=O) groups excluding carboxylic acids is 1. The van der Waals surface area contributed by atoms with Crippen LogP contribution in [-0.2, 0) is 19.3 Å². The summed E-state index contributed by atoms with van der Waals surface area (Å²) in [5.74, 6) is 0.601. The lowest BCUT2D eigenvalue weighted by Crippen LogP contribution is -1.93. The summed E-state index contributed by atoms with van der Waals surface area (Å²) in [6.45, 7) is 11.7. The summed E-state index contributed by atoms with van der Waals surface area (Å²) in [4.78, 5) is 24.5. The molecule has 0 aliphatic rings. The number of hydrogen-bond donors (Lipinski definition) is 0. The minimum Gasteiger partial charge on any atom is -0.297 e. The molecule has 0 bridgehead atoms. The summed E-state index contributed by atoms with van der Waals surface area (Å²) in [5, 5.41) is 2.35. The van der Waals surface area contributed by atoms with Crippen LogP contribution in [0.15, 0.2) is 41.8 Å². The lowest BCUT2D eigenvalue weighted by molar-refractivity contribution is 0.112. The molecule has 0 aliphatic carbocycles. The third-order valence-corrected chi connectivity index (χ3v) is 18.6. The SMILES string of the molecule is CCCCCCCCc1cc(C=O)sc1-c1cc(CCCCCCCC)c(-c2ccc(-c3sc(-c4sccc4C(C)CCCCCCC)cc3CCCCCCCC)s2)s1. The Morgan fingerprint density at radius 3 is 1.35 bits per heavy atom. The van der Waals surface area contributed by atoms with Crippen molar-refractivity contribution in [2.24, 2.45) is 0 Å². The fraction of sp³-hybridized carbons (Fsp3) is 0.611. The molecular weight excluding hydrogens is 825 g/mol. The molecule has 0 N–H and O–H groups in total. The topological polar surface area (TPSA) is 17.1 Å². The van der Waals surface area contributed by atoms with Crippen LogP contribution in [0, 0.1) is 0 Å². The predicted molar refractivity (Wildman–Crippen MR) is 276 cm³/mol. The van der Waals surface area contributed by atoms with Gasteiger partial charge >= 0.3 is 0 Å². The standard InChI is InChI=1S/C54H78OS5/c1-6-10-14-18-22-26-30-42-37-45(40-55)57-53(42)49-38-43(31-27-23-19-15-11-7-2)51(59-49)47-33-34-48(58-47)52-44(32-28-24-20-16-12-8-3)39-50(60-52)54-46(35-36-56-54)41(5)29-25-21-17-13-9-4/h33-41H,6-32H2,1-5H3. The number of aryl methyl sites for hydroxylation is 3. The lowest BCUT2D eigenvalue weighted by Gasteiger charge is -2.12. The lowest BCUT2D eigenvalue weighted by atomic mass is 9.94. The van der Waals surface area contributed by atoms with E-state index in [1.54, 1.807) is 22.5 Å². The molecule has 60 heavy (non-hydrogen) atoms. The van der Waals surface area contributed by atoms with Crippen LogP contribution in [0.1, 0.15) is 227 Å². The van der Waals surface area contributed by atoms with E-state index in [0.29, 0.717) is 5.92 Å². The molecule has 5 heterocycles. The van der Waals surface area contributed by atoms with Crippen LogP contribution < -0.4 is 0 Å². The highest BCUT2D eigenvalue weighted by molar-refractivity contribution is 7.30. The second-order valence-electron chi connectivity index (χ2n) is 17.6. The Balaban J connectivity index is 1.43. The van der Waals surface area contributed by atoms with Crippen molar-refractivity contribution in [2.45, 2.75) is 214 Å². The van der Waals surface area contributed by atoms with Crippen molar-refractivity contribution in [1.29, 1.82) is 0 Å². The Kier molecular flexibility index (Phi) is 23.0. The molecule has 6 heteroatoms. The van der Waals surface area contributed by atoms with E-state index in [-0.39, 0.29) is 0 Å². The molecule has 1 nitrogen and oxygen atoms in total. The van der Waals surface area contributed by atoms with Gasteiger partial charge in [-0.1, -0.05) is 163 Å². The summed E-state index contributed by atoms with van der Waals surface area (Å²) < 4.78 is 0. The minimum atomic E-state index is 0.601. The summed E-state index contributed by atoms with van der Waals surface area (Å²) in [7, 11) is 0. The summed E-state index contributed by atoms with van der Waals surface area (Å²) in [6.07, 6.45) is 36.1. The van der Waals surface area contributed by atoms with Crippen LogP contribution in [0.4, 0.5) is 0 Å². The Morgan fingerprint density at radius 2 is 0.867 bits per heavy atom. The van der Waals surface area contributed by atoms with E-state index in [1.807, 2.05) is 34.0 Å². The summed E-state index contributed by atoms with van der Waals surface area (Å²) in [6, 6.07) is 14.6. The molecule has 5 rings (SSSR count). The number of thiophene rings is 5. The van der Waals surface area contributed by atoms with Crippen LogP contribution in [-0.4, -0.2) is 6.29 Å². The van der Waals surface area contributed by atoms with E-state index in [9.17, 15) is 4.79 Å². The fourth-order valence-electron chi connectivity index (χ4n) is 8.76. The van der Waals surface area contributed by atoms with E-state index in [0.717, 1.165) is 24.0 Å². The fourth-order valence-corrected chi connectivity index (χ4v) is 14.8. The quantitative estimate of drug-likeness (QED) is 0.0303. The number of hydrogen-bond acceptors (Lipinski definition) is 6. The maximum absolute atomic E-state index is 12.1. The van der Waals surface area contributed by atoms with Crippen LogP contribution in [0.25, 0.3) is 39.0 Å². The predicted octanol–water partition coefficient (Wildman–Crippen LogP) is 20.6. The molecule has 330 valence electrons. The molecule has 0 saturated heterocycles. The second kappa shape index (κ2) is 28.1. The van der Waals surface area contributed by atoms with Gasteiger partial charge in [-0.2, -0.15) is 0 Å². The normalized spacial score (nSPS) is 12.2. The van der Waals surface area contributed by atoms with Crippen molar-refractivity contribution in [2.75, 3.05) is 0 Å². The Bertz CT molecular complexity index is 1910. The van der Waals surface area contributed by atoms with E-state index < -0.39 is 0 Å². The molecular formula is C54H78OS5. The number of carbonyl (C=O) groups is 1. The minimum absolute atomic E-state index is 0.601. The molecule has 1 atom stereocenters. The Labute approximate surface area is 386 Å². The van der Waals surface area contributed by atoms with Gasteiger partial charge in [-0.05, 0) is 115 Å². The number of rotatable bonds is 33. The molecule has 0 aliphatic heterocycles. The van der Waals surface area contributed by atoms with E-state index in [2.05, 4.69) is 87.7 Å². The van der Waals surface area contributed by atoms with Crippen LogP contribution in [0.5, 0.6) is 0 Å². The average Bonchev–Trinajstić information content (AvgIpc) is 4.11. The zero-order valence-corrected chi connectivity index (χ0v) is 42.3. The van der Waals surface area contributed by atoms with Crippen molar-refractivity contribution >= 4 is 63.0 Å². The first-order valence-corrected chi connectivity index (χ1v) is 28.7. The van der Waals surface area contributed by atoms with Crippen LogP contribution in [0.3, 0.4) is 0 Å². The van der Waals surface area contributed by atoms with Gasteiger partial charge in [-0.25, -0.2) is 0 Å². The highest BCUT2D eigenvalue weighted by Crippen LogP contribution is 2.50. The van der Waals surface area contributed by atoms with Crippen molar-refractivity contribution in [3.63, 3.8) is 0 Å². The van der Waals surface area contributed by atoms with Crippen LogP contribution >= 0.6 is 56.7 Å². The van der Waals surface area contributed by atoms with Gasteiger partial charge in [0.2, 0.25) is 0 Å². The molecule has 1 unspecified atom stereocenters. The van der Waals surface area contributed by atoms with Gasteiger partial charge in [-0.15, -0.1) is 56.7 Å². The molecule has 0 spiro atoms. The molecule has 0 amide bonds. The third-order valence-electron chi connectivity index (χ3n) is 12.4. The number of unbranched alkanes of at least 4 members (excludes halogenated alkanes) is 19. The average molecular weight is 904 g/mol. The summed E-state index contributed by atoms with van der Waals surface area (Å²) >= 11 is 9.75. The van der Waals surface area contributed by atoms with Crippen molar-refractivity contribution in [3.05, 3.63) is 68.9 Å². The van der Waals surface area contributed by atoms with Gasteiger partial charge in [0.15, 0.2) is 6.29 Å².